The number of hydrogen-bond acceptors (Lipinski definition) is 4. The summed E-state index contributed by atoms with van der Waals surface area (Å²) >= 11 is 1.13. The van der Waals surface area contributed by atoms with Crippen LogP contribution in [0.1, 0.15) is 5.56 Å². The molecule has 0 unspecified atom stereocenters. The number of ether oxygens (including phenoxy) is 1. The van der Waals surface area contributed by atoms with Crippen molar-refractivity contribution in [1.82, 2.24) is 0 Å². The third-order valence-corrected chi connectivity index (χ3v) is 5.47. The highest BCUT2D eigenvalue weighted by Crippen LogP contribution is 2.42. The molecule has 0 saturated heterocycles. The molecular weight excluding hydrogens is 427 g/mol. The van der Waals surface area contributed by atoms with Crippen LogP contribution in [-0.2, 0) is 9.59 Å². The molecule has 0 atom stereocenters. The van der Waals surface area contributed by atoms with E-state index in [0.717, 1.165) is 33.7 Å². The molecule has 4 nitrogen and oxygen atoms in total. The summed E-state index contributed by atoms with van der Waals surface area (Å²) in [4.78, 5) is 28.4. The zero-order chi connectivity index (χ0) is 22.0. The van der Waals surface area contributed by atoms with Crippen molar-refractivity contribution < 1.29 is 27.5 Å². The lowest BCUT2D eigenvalue weighted by Gasteiger charge is -2.17. The van der Waals surface area contributed by atoms with Crippen LogP contribution in [-0.4, -0.2) is 18.2 Å². The molecule has 0 aromatic heterocycles. The van der Waals surface area contributed by atoms with E-state index in [9.17, 15) is 22.8 Å². The summed E-state index contributed by atoms with van der Waals surface area (Å²) in [5, 5.41) is 0. The Morgan fingerprint density at radius 3 is 2.06 bits per heavy atom. The first kappa shape index (κ1) is 20.7. The minimum absolute atomic E-state index is 0.00570. The molecule has 3 aromatic rings. The van der Waals surface area contributed by atoms with Crippen LogP contribution in [0.25, 0.3) is 5.57 Å². The van der Waals surface area contributed by atoms with E-state index in [1.807, 2.05) is 18.2 Å². The summed E-state index contributed by atoms with van der Waals surface area (Å²) in [5.41, 5.74) is 0.736. The van der Waals surface area contributed by atoms with Gasteiger partial charge >= 0.3 is 6.36 Å². The topological polar surface area (TPSA) is 46.6 Å². The van der Waals surface area contributed by atoms with Crippen LogP contribution in [0.3, 0.4) is 0 Å². The van der Waals surface area contributed by atoms with Gasteiger partial charge in [-0.15, -0.1) is 13.2 Å². The molecule has 0 bridgehead atoms. The molecule has 156 valence electrons. The van der Waals surface area contributed by atoms with E-state index in [4.69, 9.17) is 0 Å². The zero-order valence-electron chi connectivity index (χ0n) is 15.8. The highest BCUT2D eigenvalue weighted by molar-refractivity contribution is 8.04. The highest BCUT2D eigenvalue weighted by atomic mass is 32.2. The monoisotopic (exact) mass is 441 g/mol. The van der Waals surface area contributed by atoms with Crippen LogP contribution in [0.5, 0.6) is 5.75 Å². The quantitative estimate of drug-likeness (QED) is 0.479. The second kappa shape index (κ2) is 8.31. The maximum atomic E-state index is 13.3. The number of carbonyl (C=O) groups excluding carboxylic acids is 2. The Labute approximate surface area is 179 Å². The first-order valence-electron chi connectivity index (χ1n) is 9.11. The van der Waals surface area contributed by atoms with Gasteiger partial charge in [0.2, 0.25) is 0 Å². The van der Waals surface area contributed by atoms with Crippen LogP contribution in [0, 0.1) is 0 Å². The van der Waals surface area contributed by atoms with Crippen molar-refractivity contribution in [1.29, 1.82) is 0 Å². The van der Waals surface area contributed by atoms with Gasteiger partial charge in [-0.1, -0.05) is 66.4 Å². The Kier molecular flexibility index (Phi) is 5.56. The predicted octanol–water partition coefficient (Wildman–Crippen LogP) is 5.66. The Morgan fingerprint density at radius 2 is 1.42 bits per heavy atom. The summed E-state index contributed by atoms with van der Waals surface area (Å²) in [6.07, 6.45) is -4.89. The van der Waals surface area contributed by atoms with Crippen LogP contribution in [0.15, 0.2) is 94.7 Å². The third kappa shape index (κ3) is 4.49. The molecule has 2 amide bonds. The molecule has 0 fully saturated rings. The van der Waals surface area contributed by atoms with Gasteiger partial charge in [0.15, 0.2) is 0 Å². The first-order valence-corrected chi connectivity index (χ1v) is 9.92. The van der Waals surface area contributed by atoms with Crippen molar-refractivity contribution in [2.75, 3.05) is 4.90 Å². The number of carbonyl (C=O) groups is 2. The van der Waals surface area contributed by atoms with Crippen molar-refractivity contribution in [2.24, 2.45) is 0 Å². The fraction of sp³-hybridized carbons (Fsp3) is 0.0435. The van der Waals surface area contributed by atoms with Gasteiger partial charge in [-0.25, -0.2) is 4.90 Å². The van der Waals surface area contributed by atoms with Crippen LogP contribution in [0.4, 0.5) is 18.9 Å². The average Bonchev–Trinajstić information content (AvgIpc) is 2.98. The summed E-state index contributed by atoms with van der Waals surface area (Å²) < 4.78 is 41.8. The molecule has 0 spiro atoms. The van der Waals surface area contributed by atoms with Gasteiger partial charge in [-0.3, -0.25) is 9.59 Å². The average molecular weight is 441 g/mol. The van der Waals surface area contributed by atoms with Gasteiger partial charge in [0, 0.05) is 11.0 Å². The van der Waals surface area contributed by atoms with E-state index in [0.29, 0.717) is 5.56 Å². The van der Waals surface area contributed by atoms with E-state index < -0.39 is 23.9 Å². The highest BCUT2D eigenvalue weighted by Gasteiger charge is 2.41. The summed E-state index contributed by atoms with van der Waals surface area (Å²) in [7, 11) is 0. The Morgan fingerprint density at radius 1 is 0.774 bits per heavy atom. The Balaban J connectivity index is 1.76. The second-order valence-electron chi connectivity index (χ2n) is 6.48. The number of alkyl halides is 3. The van der Waals surface area contributed by atoms with Crippen molar-refractivity contribution in [2.45, 2.75) is 11.3 Å². The fourth-order valence-corrected chi connectivity index (χ4v) is 4.14. The van der Waals surface area contributed by atoms with Gasteiger partial charge in [0.1, 0.15) is 5.75 Å². The van der Waals surface area contributed by atoms with Crippen molar-refractivity contribution >= 4 is 34.8 Å². The normalized spacial score (nSPS) is 14.4. The molecule has 0 radical (unpaired) electrons. The van der Waals surface area contributed by atoms with E-state index >= 15 is 0 Å². The standard InChI is InChI=1S/C23H14F3NO3S/c24-23(25,26)30-17-11-7-10-16(14-17)27-21(28)19(15-8-3-1-4-9-15)20(22(27)29)31-18-12-5-2-6-13-18/h1-14H. The number of benzene rings is 3. The van der Waals surface area contributed by atoms with Gasteiger partial charge in [0.05, 0.1) is 16.2 Å². The lowest BCUT2D eigenvalue weighted by atomic mass is 10.1. The number of rotatable bonds is 5. The van der Waals surface area contributed by atoms with E-state index in [-0.39, 0.29) is 16.2 Å². The molecule has 1 aliphatic heterocycles. The molecule has 4 rings (SSSR count). The fourth-order valence-electron chi connectivity index (χ4n) is 3.12. The SMILES string of the molecule is O=C1C(Sc2ccccc2)=C(c2ccccc2)C(=O)N1c1cccc(OC(F)(F)F)c1. The third-order valence-electron chi connectivity index (χ3n) is 4.38. The van der Waals surface area contributed by atoms with Gasteiger partial charge in [-0.05, 0) is 29.8 Å². The van der Waals surface area contributed by atoms with E-state index in [1.165, 1.54) is 12.1 Å². The number of nitrogens with zero attached hydrogens (tertiary/aromatic N) is 1. The van der Waals surface area contributed by atoms with Crippen molar-refractivity contribution in [3.63, 3.8) is 0 Å². The van der Waals surface area contributed by atoms with E-state index in [2.05, 4.69) is 4.74 Å². The van der Waals surface area contributed by atoms with Gasteiger partial charge < -0.3 is 4.74 Å². The number of hydrogen-bond donors (Lipinski definition) is 0. The van der Waals surface area contributed by atoms with Crippen LogP contribution < -0.4 is 9.64 Å². The molecule has 3 aromatic carbocycles. The number of halogens is 3. The predicted molar refractivity (Wildman–Crippen MR) is 111 cm³/mol. The lowest BCUT2D eigenvalue weighted by molar-refractivity contribution is -0.274. The molecule has 1 aliphatic rings. The van der Waals surface area contributed by atoms with Crippen LogP contribution in [0.2, 0.25) is 0 Å². The maximum Gasteiger partial charge on any atom is 0.573 e. The minimum Gasteiger partial charge on any atom is -0.406 e. The summed E-state index contributed by atoms with van der Waals surface area (Å²) in [5.74, 6) is -1.74. The first-order chi connectivity index (χ1) is 14.8. The number of thioether (sulfide) groups is 1. The second-order valence-corrected chi connectivity index (χ2v) is 7.56. The summed E-state index contributed by atoms with van der Waals surface area (Å²) in [6.45, 7) is 0. The zero-order valence-corrected chi connectivity index (χ0v) is 16.6. The Bertz CT molecular complexity index is 1160. The number of imide groups is 1. The number of anilines is 1. The Hall–Kier alpha value is -3.52. The largest absolute Gasteiger partial charge is 0.573 e. The molecule has 0 N–H and O–H groups in total. The smallest absolute Gasteiger partial charge is 0.406 e. The summed E-state index contributed by atoms with van der Waals surface area (Å²) in [6, 6.07) is 22.5. The van der Waals surface area contributed by atoms with Crippen molar-refractivity contribution in [3.8, 4) is 5.75 Å². The minimum atomic E-state index is -4.89. The molecular formula is C23H14F3NO3S. The molecule has 0 saturated carbocycles. The molecule has 8 heteroatoms. The lowest BCUT2D eigenvalue weighted by Crippen LogP contribution is -2.31. The number of amides is 2. The molecule has 1 heterocycles. The van der Waals surface area contributed by atoms with Gasteiger partial charge in [0.25, 0.3) is 11.8 Å². The van der Waals surface area contributed by atoms with Crippen LogP contribution >= 0.6 is 11.8 Å². The van der Waals surface area contributed by atoms with Crippen molar-refractivity contribution in [3.05, 3.63) is 95.4 Å². The maximum absolute atomic E-state index is 13.3. The van der Waals surface area contributed by atoms with E-state index in [1.54, 1.807) is 42.5 Å². The molecule has 31 heavy (non-hydrogen) atoms. The molecule has 0 aliphatic carbocycles. The van der Waals surface area contributed by atoms with Gasteiger partial charge in [-0.2, -0.15) is 0 Å².